The molecule has 0 aromatic heterocycles. The number of rotatable bonds is 6. The van der Waals surface area contributed by atoms with Crippen molar-refractivity contribution < 1.29 is 19.1 Å². The maximum atomic E-state index is 14.5. The highest BCUT2D eigenvalue weighted by Gasteiger charge is 2.38. The Kier molecular flexibility index (Phi) is 6.30. The summed E-state index contributed by atoms with van der Waals surface area (Å²) in [6.45, 7) is 6.35. The number of benzene rings is 3. The Hall–Kier alpha value is -3.12. The molecule has 0 bridgehead atoms. The van der Waals surface area contributed by atoms with E-state index in [9.17, 15) is 19.1 Å². The van der Waals surface area contributed by atoms with E-state index in [-0.39, 0.29) is 34.6 Å². The molecule has 0 radical (unpaired) electrons. The van der Waals surface area contributed by atoms with E-state index in [4.69, 9.17) is 0 Å². The summed E-state index contributed by atoms with van der Waals surface area (Å²) in [5.74, 6) is -0.286. The number of thioether (sulfide) groups is 1. The fraction of sp³-hybridized carbons (Fsp3) is 0.259. The molecule has 0 spiro atoms. The van der Waals surface area contributed by atoms with Gasteiger partial charge in [0.05, 0.1) is 18.2 Å². The average Bonchev–Trinajstić information content (AvgIpc) is 2.77. The number of carbonyl (C=O) groups is 2. The molecule has 0 saturated carbocycles. The second kappa shape index (κ2) is 9.02. The standard InChI is InChI=1S/C27H26FNO3S/c1-27(2,3)19-8-4-18(5-9-19)24(31)16-33-25-14-20(10-13-22(25)28)29-23(15-26(29)32)17-6-11-21(30)12-7-17/h4-14,23,30H,15-16H2,1-3H3. The maximum absolute atomic E-state index is 14.5. The van der Waals surface area contributed by atoms with Gasteiger partial charge >= 0.3 is 0 Å². The van der Waals surface area contributed by atoms with Gasteiger partial charge in [-0.3, -0.25) is 9.59 Å². The smallest absolute Gasteiger partial charge is 0.230 e. The number of halogens is 1. The third kappa shape index (κ3) is 4.96. The van der Waals surface area contributed by atoms with Gasteiger partial charge in [0.2, 0.25) is 5.91 Å². The van der Waals surface area contributed by atoms with Gasteiger partial charge in [-0.05, 0) is 46.9 Å². The molecular formula is C27H26FNO3S. The summed E-state index contributed by atoms with van der Waals surface area (Å²) < 4.78 is 14.5. The SMILES string of the molecule is CC(C)(C)c1ccc(C(=O)CSc2cc(N3C(=O)CC3c3ccc(O)cc3)ccc2F)cc1. The Morgan fingerprint density at radius 3 is 2.33 bits per heavy atom. The van der Waals surface area contributed by atoms with Crippen LogP contribution in [0.1, 0.15) is 54.7 Å². The van der Waals surface area contributed by atoms with Crippen LogP contribution in [0.4, 0.5) is 10.1 Å². The maximum Gasteiger partial charge on any atom is 0.230 e. The van der Waals surface area contributed by atoms with Crippen LogP contribution in [0.2, 0.25) is 0 Å². The monoisotopic (exact) mass is 463 g/mol. The molecule has 4 nitrogen and oxygen atoms in total. The predicted octanol–water partition coefficient (Wildman–Crippen LogP) is 6.28. The molecule has 1 heterocycles. The Morgan fingerprint density at radius 2 is 1.73 bits per heavy atom. The van der Waals surface area contributed by atoms with Crippen LogP contribution in [0.15, 0.2) is 71.6 Å². The Morgan fingerprint density at radius 1 is 1.06 bits per heavy atom. The molecule has 1 atom stereocenters. The zero-order valence-corrected chi connectivity index (χ0v) is 19.7. The lowest BCUT2D eigenvalue weighted by Crippen LogP contribution is -2.46. The van der Waals surface area contributed by atoms with Crippen LogP contribution in [0, 0.1) is 5.82 Å². The number of amides is 1. The van der Waals surface area contributed by atoms with Crippen molar-refractivity contribution in [3.8, 4) is 5.75 Å². The molecular weight excluding hydrogens is 437 g/mol. The lowest BCUT2D eigenvalue weighted by molar-refractivity contribution is -0.124. The molecule has 170 valence electrons. The van der Waals surface area contributed by atoms with Crippen LogP contribution in [0.25, 0.3) is 0 Å². The van der Waals surface area contributed by atoms with Crippen molar-refractivity contribution in [3.63, 3.8) is 0 Å². The number of β-lactam (4-membered cyclic amide) rings is 1. The largest absolute Gasteiger partial charge is 0.508 e. The van der Waals surface area contributed by atoms with E-state index in [0.717, 1.165) is 22.9 Å². The quantitative estimate of drug-likeness (QED) is 0.265. The van der Waals surface area contributed by atoms with E-state index in [1.54, 1.807) is 41.3 Å². The predicted molar refractivity (Wildman–Crippen MR) is 130 cm³/mol. The van der Waals surface area contributed by atoms with Crippen LogP contribution in [-0.4, -0.2) is 22.5 Å². The van der Waals surface area contributed by atoms with Gasteiger partial charge in [0.1, 0.15) is 11.6 Å². The van der Waals surface area contributed by atoms with Crippen LogP contribution < -0.4 is 4.90 Å². The molecule has 1 saturated heterocycles. The number of aromatic hydroxyl groups is 1. The summed E-state index contributed by atoms with van der Waals surface area (Å²) in [6.07, 6.45) is 0.355. The van der Waals surface area contributed by atoms with Gasteiger partial charge in [-0.2, -0.15) is 0 Å². The lowest BCUT2D eigenvalue weighted by atomic mass is 9.86. The molecule has 6 heteroatoms. The highest BCUT2D eigenvalue weighted by molar-refractivity contribution is 8.00. The second-order valence-corrected chi connectivity index (χ2v) is 10.2. The zero-order valence-electron chi connectivity index (χ0n) is 18.8. The van der Waals surface area contributed by atoms with E-state index in [2.05, 4.69) is 20.8 Å². The summed E-state index contributed by atoms with van der Waals surface area (Å²) in [5, 5.41) is 9.51. The van der Waals surface area contributed by atoms with Gasteiger partial charge in [0.15, 0.2) is 5.78 Å². The second-order valence-electron chi connectivity index (χ2n) is 9.23. The first kappa shape index (κ1) is 23.1. The summed E-state index contributed by atoms with van der Waals surface area (Å²) in [6, 6.07) is 18.7. The first-order chi connectivity index (χ1) is 15.6. The van der Waals surface area contributed by atoms with Crippen LogP contribution in [0.3, 0.4) is 0 Å². The van der Waals surface area contributed by atoms with Crippen molar-refractivity contribution in [2.75, 3.05) is 10.7 Å². The van der Waals surface area contributed by atoms with Crippen LogP contribution in [-0.2, 0) is 10.2 Å². The number of nitrogens with zero attached hydrogens (tertiary/aromatic N) is 1. The van der Waals surface area contributed by atoms with Gasteiger partial charge in [-0.25, -0.2) is 4.39 Å². The van der Waals surface area contributed by atoms with Crippen molar-refractivity contribution in [1.29, 1.82) is 0 Å². The third-order valence-electron chi connectivity index (χ3n) is 5.85. The molecule has 33 heavy (non-hydrogen) atoms. The van der Waals surface area contributed by atoms with E-state index < -0.39 is 5.82 Å². The number of hydrogen-bond acceptors (Lipinski definition) is 4. The number of carbonyl (C=O) groups excluding carboxylic acids is 2. The molecule has 0 aliphatic carbocycles. The fourth-order valence-corrected chi connectivity index (χ4v) is 4.70. The van der Waals surface area contributed by atoms with E-state index >= 15 is 0 Å². The molecule has 3 aromatic rings. The highest BCUT2D eigenvalue weighted by atomic mass is 32.2. The van der Waals surface area contributed by atoms with Crippen molar-refractivity contribution in [1.82, 2.24) is 0 Å². The Labute approximate surface area is 197 Å². The first-order valence-corrected chi connectivity index (χ1v) is 11.8. The molecule has 1 aliphatic rings. The average molecular weight is 464 g/mol. The summed E-state index contributed by atoms with van der Waals surface area (Å²) in [5.41, 5.74) is 3.24. The normalized spacial score (nSPS) is 15.9. The van der Waals surface area contributed by atoms with Crippen molar-refractivity contribution in [2.24, 2.45) is 0 Å². The minimum Gasteiger partial charge on any atom is -0.508 e. The van der Waals surface area contributed by atoms with E-state index in [1.165, 1.54) is 6.07 Å². The Bertz CT molecular complexity index is 1180. The van der Waals surface area contributed by atoms with Crippen LogP contribution in [0.5, 0.6) is 5.75 Å². The highest BCUT2D eigenvalue weighted by Crippen LogP contribution is 2.40. The number of phenols is 1. The summed E-state index contributed by atoms with van der Waals surface area (Å²) >= 11 is 1.13. The van der Waals surface area contributed by atoms with Crippen molar-refractivity contribution in [2.45, 2.75) is 43.5 Å². The molecule has 1 N–H and O–H groups in total. The van der Waals surface area contributed by atoms with Crippen molar-refractivity contribution >= 4 is 29.1 Å². The topological polar surface area (TPSA) is 57.6 Å². The molecule has 1 fully saturated rings. The molecule has 4 rings (SSSR count). The molecule has 3 aromatic carbocycles. The van der Waals surface area contributed by atoms with Crippen LogP contribution >= 0.6 is 11.8 Å². The lowest BCUT2D eigenvalue weighted by Gasteiger charge is -2.41. The summed E-state index contributed by atoms with van der Waals surface area (Å²) in [7, 11) is 0. The van der Waals surface area contributed by atoms with Crippen molar-refractivity contribution in [3.05, 3.63) is 89.2 Å². The number of anilines is 1. The summed E-state index contributed by atoms with van der Waals surface area (Å²) in [4.78, 5) is 27.0. The number of phenolic OH excluding ortho intramolecular Hbond substituents is 1. The molecule has 1 aliphatic heterocycles. The Balaban J connectivity index is 1.48. The zero-order chi connectivity index (χ0) is 23.8. The van der Waals surface area contributed by atoms with Gasteiger partial charge in [0, 0.05) is 16.1 Å². The van der Waals surface area contributed by atoms with E-state index in [0.29, 0.717) is 22.6 Å². The third-order valence-corrected chi connectivity index (χ3v) is 6.88. The number of Topliss-reactive ketones (excluding diaryl/α,β-unsaturated/α-hetero) is 1. The molecule has 1 amide bonds. The number of hydrogen-bond donors (Lipinski definition) is 1. The number of ketones is 1. The minimum absolute atomic E-state index is 0.00613. The van der Waals surface area contributed by atoms with Gasteiger partial charge in [-0.1, -0.05) is 57.2 Å². The van der Waals surface area contributed by atoms with E-state index in [1.807, 2.05) is 24.3 Å². The first-order valence-electron chi connectivity index (χ1n) is 10.8. The fourth-order valence-electron chi connectivity index (χ4n) is 3.84. The molecule has 1 unspecified atom stereocenters. The van der Waals surface area contributed by atoms with Gasteiger partial charge in [-0.15, -0.1) is 11.8 Å². The van der Waals surface area contributed by atoms with Gasteiger partial charge < -0.3 is 10.0 Å². The minimum atomic E-state index is -0.422. The van der Waals surface area contributed by atoms with Gasteiger partial charge in [0.25, 0.3) is 0 Å².